The summed E-state index contributed by atoms with van der Waals surface area (Å²) in [5.41, 5.74) is 1.12. The fourth-order valence-corrected chi connectivity index (χ4v) is 3.47. The van der Waals surface area contributed by atoms with Crippen molar-refractivity contribution in [2.75, 3.05) is 18.8 Å². The number of nitrogens with zero attached hydrogens (tertiary/aromatic N) is 1. The van der Waals surface area contributed by atoms with E-state index in [1.807, 2.05) is 0 Å². The number of carbonyl (C=O) groups is 1. The zero-order chi connectivity index (χ0) is 16.9. The van der Waals surface area contributed by atoms with Crippen LogP contribution >= 0.6 is 0 Å². The summed E-state index contributed by atoms with van der Waals surface area (Å²) >= 11 is 0. The third-order valence-corrected chi connectivity index (χ3v) is 5.08. The minimum atomic E-state index is -3.49. The van der Waals surface area contributed by atoms with E-state index in [0.29, 0.717) is 19.0 Å². The predicted octanol–water partition coefficient (Wildman–Crippen LogP) is 1.68. The molecule has 1 heterocycles. The molecule has 0 aliphatic carbocycles. The van der Waals surface area contributed by atoms with E-state index in [-0.39, 0.29) is 30.3 Å². The van der Waals surface area contributed by atoms with E-state index >= 15 is 0 Å². The van der Waals surface area contributed by atoms with E-state index in [2.05, 4.69) is 0 Å². The van der Waals surface area contributed by atoms with Gasteiger partial charge in [0, 0.05) is 19.5 Å². The molecule has 0 saturated carbocycles. The van der Waals surface area contributed by atoms with E-state index < -0.39 is 10.0 Å². The number of benzene rings is 1. The highest BCUT2D eigenvalue weighted by Gasteiger charge is 2.22. The number of hydrogen-bond acceptors (Lipinski definition) is 3. The highest BCUT2D eigenvalue weighted by Crippen LogP contribution is 2.22. The number of amides is 1. The van der Waals surface area contributed by atoms with Gasteiger partial charge in [0.1, 0.15) is 5.82 Å². The van der Waals surface area contributed by atoms with Crippen LogP contribution in [0, 0.1) is 11.7 Å². The second-order valence-electron chi connectivity index (χ2n) is 6.13. The summed E-state index contributed by atoms with van der Waals surface area (Å²) < 4.78 is 34.6. The maximum absolute atomic E-state index is 12.9. The number of likely N-dealkylation sites (tertiary alicyclic amines) is 1. The van der Waals surface area contributed by atoms with Gasteiger partial charge in [-0.25, -0.2) is 17.9 Å². The first kappa shape index (κ1) is 17.9. The molecule has 1 aliphatic rings. The molecular weight excluding hydrogens is 319 g/mol. The first-order chi connectivity index (χ1) is 10.8. The maximum atomic E-state index is 12.9. The van der Waals surface area contributed by atoms with E-state index in [0.717, 1.165) is 24.8 Å². The number of rotatable bonds is 6. The van der Waals surface area contributed by atoms with Gasteiger partial charge >= 0.3 is 0 Å². The smallest absolute Gasteiger partial charge is 0.222 e. The molecule has 0 aromatic heterocycles. The molecule has 1 saturated heterocycles. The Labute approximate surface area is 136 Å². The van der Waals surface area contributed by atoms with Crippen LogP contribution in [-0.4, -0.2) is 38.1 Å². The van der Waals surface area contributed by atoms with E-state index in [1.54, 1.807) is 17.0 Å². The highest BCUT2D eigenvalue weighted by molar-refractivity contribution is 7.89. The third-order valence-electron chi connectivity index (χ3n) is 4.22. The summed E-state index contributed by atoms with van der Waals surface area (Å²) in [7, 11) is -3.49. The molecule has 0 atom stereocenters. The second-order valence-corrected chi connectivity index (χ2v) is 7.86. The summed E-state index contributed by atoms with van der Waals surface area (Å²) in [5.74, 6) is 0.108. The molecule has 2 rings (SSSR count). The Hall–Kier alpha value is -1.47. The van der Waals surface area contributed by atoms with Crippen LogP contribution in [0.3, 0.4) is 0 Å². The molecule has 2 N–H and O–H groups in total. The van der Waals surface area contributed by atoms with Gasteiger partial charge < -0.3 is 4.90 Å². The van der Waals surface area contributed by atoms with Gasteiger partial charge in [0.05, 0.1) is 5.75 Å². The van der Waals surface area contributed by atoms with Crippen LogP contribution in [0.15, 0.2) is 24.3 Å². The Bertz CT molecular complexity index is 623. The minimum absolute atomic E-state index is 0.00566. The number of piperidine rings is 1. The van der Waals surface area contributed by atoms with E-state index in [9.17, 15) is 17.6 Å². The first-order valence-electron chi connectivity index (χ1n) is 7.86. The summed E-state index contributed by atoms with van der Waals surface area (Å²) in [5, 5.41) is 4.92. The standard InChI is InChI=1S/C16H23FN2O3S/c17-15-5-3-13(4-6-15)12-14-7-9-19(10-8-14)16(20)2-1-11-23(18,21)22/h3-6,14H,1-2,7-12H2,(H2,18,21,22). The van der Waals surface area contributed by atoms with Crippen molar-refractivity contribution in [3.8, 4) is 0 Å². The van der Waals surface area contributed by atoms with Crippen LogP contribution < -0.4 is 5.14 Å². The Morgan fingerprint density at radius 2 is 1.83 bits per heavy atom. The van der Waals surface area contributed by atoms with Crippen LogP contribution in [-0.2, 0) is 21.2 Å². The molecule has 128 valence electrons. The molecule has 5 nitrogen and oxygen atoms in total. The number of primary sulfonamides is 1. The SMILES string of the molecule is NS(=O)(=O)CCCC(=O)N1CCC(Cc2ccc(F)cc2)CC1. The van der Waals surface area contributed by atoms with Crippen molar-refractivity contribution in [1.82, 2.24) is 4.90 Å². The Morgan fingerprint density at radius 1 is 1.22 bits per heavy atom. The Balaban J connectivity index is 1.72. The number of carbonyl (C=O) groups excluding carboxylic acids is 1. The van der Waals surface area contributed by atoms with Gasteiger partial charge in [0.15, 0.2) is 0 Å². The van der Waals surface area contributed by atoms with Gasteiger partial charge in [-0.05, 0) is 49.3 Å². The quantitative estimate of drug-likeness (QED) is 0.854. The topological polar surface area (TPSA) is 80.5 Å². The number of halogens is 1. The molecular formula is C16H23FN2O3S. The summed E-state index contributed by atoms with van der Waals surface area (Å²) in [4.78, 5) is 13.8. The van der Waals surface area contributed by atoms with Gasteiger partial charge in [0.2, 0.25) is 15.9 Å². The predicted molar refractivity (Wildman–Crippen MR) is 86.6 cm³/mol. The van der Waals surface area contributed by atoms with Gasteiger partial charge in [-0.15, -0.1) is 0 Å². The van der Waals surface area contributed by atoms with Gasteiger partial charge in [-0.3, -0.25) is 4.79 Å². The summed E-state index contributed by atoms with van der Waals surface area (Å²) in [6.07, 6.45) is 3.22. The lowest BCUT2D eigenvalue weighted by Crippen LogP contribution is -2.39. The molecule has 1 aliphatic heterocycles. The zero-order valence-electron chi connectivity index (χ0n) is 13.1. The molecule has 0 spiro atoms. The van der Waals surface area contributed by atoms with Crippen LogP contribution in [0.4, 0.5) is 4.39 Å². The van der Waals surface area contributed by atoms with Gasteiger partial charge in [-0.2, -0.15) is 0 Å². The van der Waals surface area contributed by atoms with E-state index in [4.69, 9.17) is 5.14 Å². The first-order valence-corrected chi connectivity index (χ1v) is 9.58. The molecule has 1 aromatic rings. The second kappa shape index (κ2) is 7.88. The van der Waals surface area contributed by atoms with Crippen molar-refractivity contribution >= 4 is 15.9 Å². The van der Waals surface area contributed by atoms with Crippen molar-refractivity contribution in [1.29, 1.82) is 0 Å². The van der Waals surface area contributed by atoms with Crippen LogP contribution in [0.25, 0.3) is 0 Å². The Kier molecular flexibility index (Phi) is 6.12. The zero-order valence-corrected chi connectivity index (χ0v) is 13.9. The molecule has 1 amide bonds. The van der Waals surface area contributed by atoms with E-state index in [1.165, 1.54) is 12.1 Å². The molecule has 0 unspecified atom stereocenters. The fourth-order valence-electron chi connectivity index (χ4n) is 2.92. The van der Waals surface area contributed by atoms with Crippen LogP contribution in [0.2, 0.25) is 0 Å². The lowest BCUT2D eigenvalue weighted by Gasteiger charge is -2.32. The van der Waals surface area contributed by atoms with Crippen LogP contribution in [0.1, 0.15) is 31.2 Å². The number of sulfonamides is 1. The minimum Gasteiger partial charge on any atom is -0.343 e. The van der Waals surface area contributed by atoms with Gasteiger partial charge in [0.25, 0.3) is 0 Å². The van der Waals surface area contributed by atoms with Gasteiger partial charge in [-0.1, -0.05) is 12.1 Å². The molecule has 1 aromatic carbocycles. The largest absolute Gasteiger partial charge is 0.343 e. The Morgan fingerprint density at radius 3 is 2.39 bits per heavy atom. The normalized spacial score (nSPS) is 16.5. The fraction of sp³-hybridized carbons (Fsp3) is 0.562. The average molecular weight is 342 g/mol. The van der Waals surface area contributed by atoms with Crippen molar-refractivity contribution in [3.05, 3.63) is 35.6 Å². The molecule has 23 heavy (non-hydrogen) atoms. The maximum Gasteiger partial charge on any atom is 0.222 e. The number of hydrogen-bond donors (Lipinski definition) is 1. The van der Waals surface area contributed by atoms with Crippen molar-refractivity contribution in [2.45, 2.75) is 32.1 Å². The molecule has 0 radical (unpaired) electrons. The lowest BCUT2D eigenvalue weighted by molar-refractivity contribution is -0.132. The molecule has 7 heteroatoms. The highest BCUT2D eigenvalue weighted by atomic mass is 32.2. The van der Waals surface area contributed by atoms with Crippen molar-refractivity contribution < 1.29 is 17.6 Å². The summed E-state index contributed by atoms with van der Waals surface area (Å²) in [6, 6.07) is 6.55. The van der Waals surface area contributed by atoms with Crippen molar-refractivity contribution in [3.63, 3.8) is 0 Å². The monoisotopic (exact) mass is 342 g/mol. The summed E-state index contributed by atoms with van der Waals surface area (Å²) in [6.45, 7) is 1.39. The molecule has 0 bridgehead atoms. The average Bonchev–Trinajstić information content (AvgIpc) is 2.49. The molecule has 1 fully saturated rings. The lowest BCUT2D eigenvalue weighted by atomic mass is 9.90. The van der Waals surface area contributed by atoms with Crippen molar-refractivity contribution in [2.24, 2.45) is 11.1 Å². The van der Waals surface area contributed by atoms with Crippen LogP contribution in [0.5, 0.6) is 0 Å². The number of nitrogens with two attached hydrogens (primary N) is 1. The third kappa shape index (κ3) is 6.27.